The summed E-state index contributed by atoms with van der Waals surface area (Å²) < 4.78 is 11.5. The van der Waals surface area contributed by atoms with Crippen molar-refractivity contribution in [2.75, 3.05) is 0 Å². The third-order valence-electron chi connectivity index (χ3n) is 5.29. The number of aromatic nitrogens is 2. The minimum atomic E-state index is 0.0535. The lowest BCUT2D eigenvalue weighted by atomic mass is 10.2. The lowest BCUT2D eigenvalue weighted by Crippen LogP contribution is -1.90. The van der Waals surface area contributed by atoms with Crippen molar-refractivity contribution >= 4 is 23.8 Å². The molecule has 38 heavy (non-hydrogen) atoms. The van der Waals surface area contributed by atoms with Gasteiger partial charge in [0.05, 0.1) is 11.4 Å². The van der Waals surface area contributed by atoms with Crippen LogP contribution in [0.4, 0.5) is 11.4 Å². The lowest BCUT2D eigenvalue weighted by molar-refractivity contribution is 0.453. The fourth-order valence-electron chi connectivity index (χ4n) is 3.42. The second-order valence-corrected chi connectivity index (χ2v) is 7.99. The SMILES string of the molecule is Oc1ccc(Oc2ccccn2)cc1C=Nc1ccccc1N=Cc1cc(Oc2ccccn2)ccc1O. The minimum Gasteiger partial charge on any atom is -0.507 e. The number of phenols is 2. The largest absolute Gasteiger partial charge is 0.507 e. The van der Waals surface area contributed by atoms with Crippen LogP contribution in [0.15, 0.2) is 119 Å². The Hall–Kier alpha value is -5.50. The van der Waals surface area contributed by atoms with E-state index in [0.29, 0.717) is 45.8 Å². The first-order valence-corrected chi connectivity index (χ1v) is 11.6. The van der Waals surface area contributed by atoms with E-state index in [1.807, 2.05) is 24.3 Å². The Labute approximate surface area is 218 Å². The minimum absolute atomic E-state index is 0.0535. The van der Waals surface area contributed by atoms with Crippen LogP contribution in [0.5, 0.6) is 34.8 Å². The van der Waals surface area contributed by atoms with E-state index in [9.17, 15) is 10.2 Å². The number of hydrogen-bond donors (Lipinski definition) is 2. The van der Waals surface area contributed by atoms with Crippen molar-refractivity contribution in [3.63, 3.8) is 0 Å². The van der Waals surface area contributed by atoms with Gasteiger partial charge in [-0.05, 0) is 60.7 Å². The highest BCUT2D eigenvalue weighted by atomic mass is 16.5. The fraction of sp³-hybridized carbons (Fsp3) is 0. The van der Waals surface area contributed by atoms with Gasteiger partial charge in [-0.1, -0.05) is 24.3 Å². The van der Waals surface area contributed by atoms with Gasteiger partial charge in [-0.15, -0.1) is 0 Å². The number of aromatic hydroxyl groups is 2. The summed E-state index contributed by atoms with van der Waals surface area (Å²) in [6.07, 6.45) is 6.35. The van der Waals surface area contributed by atoms with Crippen LogP contribution in [0.1, 0.15) is 11.1 Å². The van der Waals surface area contributed by atoms with Gasteiger partial charge in [0.25, 0.3) is 0 Å². The zero-order chi connectivity index (χ0) is 26.2. The number of hydrogen-bond acceptors (Lipinski definition) is 8. The summed E-state index contributed by atoms with van der Waals surface area (Å²) in [5.41, 5.74) is 2.07. The normalized spacial score (nSPS) is 11.2. The van der Waals surface area contributed by atoms with Gasteiger partial charge in [0.15, 0.2) is 0 Å². The first-order valence-electron chi connectivity index (χ1n) is 11.6. The van der Waals surface area contributed by atoms with Gasteiger partial charge in [-0.2, -0.15) is 0 Å². The fourth-order valence-corrected chi connectivity index (χ4v) is 3.42. The van der Waals surface area contributed by atoms with E-state index in [0.717, 1.165) is 0 Å². The molecule has 8 heteroatoms. The molecule has 0 radical (unpaired) electrons. The molecule has 5 aromatic rings. The molecule has 2 N–H and O–H groups in total. The van der Waals surface area contributed by atoms with E-state index in [4.69, 9.17) is 9.47 Å². The van der Waals surface area contributed by atoms with Crippen molar-refractivity contribution in [3.8, 4) is 34.8 Å². The molecule has 3 aromatic carbocycles. The molecule has 8 nitrogen and oxygen atoms in total. The topological polar surface area (TPSA) is 109 Å². The number of benzene rings is 3. The standard InChI is InChI=1S/C30H22N4O4/c35-27-13-11-23(37-29-9-3-5-15-31-29)17-21(27)19-33-25-7-1-2-8-26(25)34-20-22-18-24(12-14-28(22)36)38-30-10-4-6-16-32-30/h1-20,35-36H. The van der Waals surface area contributed by atoms with Crippen LogP contribution in [0.2, 0.25) is 0 Å². The summed E-state index contributed by atoms with van der Waals surface area (Å²) in [6.45, 7) is 0. The van der Waals surface area contributed by atoms with E-state index in [-0.39, 0.29) is 11.5 Å². The number of phenolic OH excluding ortho intramolecular Hbond substituents is 2. The summed E-state index contributed by atoms with van der Waals surface area (Å²) in [5.74, 6) is 2.02. The van der Waals surface area contributed by atoms with Crippen LogP contribution in [0, 0.1) is 0 Å². The van der Waals surface area contributed by atoms with E-state index in [2.05, 4.69) is 20.0 Å². The Balaban J connectivity index is 1.36. The second kappa shape index (κ2) is 11.5. The van der Waals surface area contributed by atoms with Crippen molar-refractivity contribution in [2.45, 2.75) is 0 Å². The molecular weight excluding hydrogens is 480 g/mol. The van der Waals surface area contributed by atoms with Gasteiger partial charge in [0, 0.05) is 48.1 Å². The molecule has 0 saturated heterocycles. The maximum absolute atomic E-state index is 10.3. The summed E-state index contributed by atoms with van der Waals surface area (Å²) in [4.78, 5) is 17.3. The van der Waals surface area contributed by atoms with E-state index in [1.54, 1.807) is 73.1 Å². The molecule has 0 spiro atoms. The Bertz CT molecular complexity index is 1470. The molecule has 0 aliphatic heterocycles. The highest BCUT2D eigenvalue weighted by molar-refractivity contribution is 5.90. The quantitative estimate of drug-likeness (QED) is 0.222. The van der Waals surface area contributed by atoms with Crippen LogP contribution in [-0.2, 0) is 0 Å². The molecular formula is C30H22N4O4. The van der Waals surface area contributed by atoms with Crippen LogP contribution >= 0.6 is 0 Å². The van der Waals surface area contributed by atoms with Gasteiger partial charge < -0.3 is 19.7 Å². The van der Waals surface area contributed by atoms with Crippen molar-refractivity contribution in [1.29, 1.82) is 0 Å². The van der Waals surface area contributed by atoms with Crippen LogP contribution in [-0.4, -0.2) is 32.6 Å². The van der Waals surface area contributed by atoms with E-state index in [1.165, 1.54) is 24.6 Å². The molecule has 0 aliphatic rings. The predicted molar refractivity (Wildman–Crippen MR) is 146 cm³/mol. The lowest BCUT2D eigenvalue weighted by Gasteiger charge is -2.07. The number of rotatable bonds is 8. The molecule has 186 valence electrons. The zero-order valence-corrected chi connectivity index (χ0v) is 20.0. The second-order valence-electron chi connectivity index (χ2n) is 7.99. The maximum Gasteiger partial charge on any atom is 0.219 e. The van der Waals surface area contributed by atoms with Crippen LogP contribution < -0.4 is 9.47 Å². The molecule has 0 saturated carbocycles. The zero-order valence-electron chi connectivity index (χ0n) is 20.0. The highest BCUT2D eigenvalue weighted by Gasteiger charge is 2.06. The van der Waals surface area contributed by atoms with Crippen LogP contribution in [0.25, 0.3) is 0 Å². The van der Waals surface area contributed by atoms with Crippen molar-refractivity contribution in [2.24, 2.45) is 9.98 Å². The summed E-state index contributed by atoms with van der Waals surface area (Å²) in [7, 11) is 0. The van der Waals surface area contributed by atoms with E-state index < -0.39 is 0 Å². The predicted octanol–water partition coefficient (Wildman–Crippen LogP) is 6.97. The van der Waals surface area contributed by atoms with Crippen LogP contribution in [0.3, 0.4) is 0 Å². The first-order chi connectivity index (χ1) is 18.6. The average molecular weight is 503 g/mol. The monoisotopic (exact) mass is 502 g/mol. The van der Waals surface area contributed by atoms with Crippen molar-refractivity contribution in [3.05, 3.63) is 121 Å². The van der Waals surface area contributed by atoms with Crippen molar-refractivity contribution in [1.82, 2.24) is 9.97 Å². The van der Waals surface area contributed by atoms with E-state index >= 15 is 0 Å². The Morgan fingerprint density at radius 3 is 1.42 bits per heavy atom. The number of nitrogens with zero attached hydrogens (tertiary/aromatic N) is 4. The third-order valence-corrected chi connectivity index (χ3v) is 5.29. The molecule has 0 bridgehead atoms. The van der Waals surface area contributed by atoms with Gasteiger partial charge in [0.2, 0.25) is 11.8 Å². The molecule has 0 atom stereocenters. The van der Waals surface area contributed by atoms with Gasteiger partial charge >= 0.3 is 0 Å². The molecule has 0 amide bonds. The Morgan fingerprint density at radius 2 is 1.00 bits per heavy atom. The third kappa shape index (κ3) is 6.19. The van der Waals surface area contributed by atoms with Gasteiger partial charge in [-0.25, -0.2) is 9.97 Å². The summed E-state index contributed by atoms with van der Waals surface area (Å²) in [5, 5.41) is 20.7. The number of pyridine rings is 2. The smallest absolute Gasteiger partial charge is 0.219 e. The van der Waals surface area contributed by atoms with Crippen molar-refractivity contribution < 1.29 is 19.7 Å². The molecule has 0 unspecified atom stereocenters. The molecule has 2 heterocycles. The summed E-state index contributed by atoms with van der Waals surface area (Å²) >= 11 is 0. The molecule has 0 fully saturated rings. The Morgan fingerprint density at radius 1 is 0.553 bits per heavy atom. The Kier molecular flexibility index (Phi) is 7.32. The average Bonchev–Trinajstić information content (AvgIpc) is 2.95. The first kappa shape index (κ1) is 24.2. The molecule has 5 rings (SSSR count). The number of ether oxygens (including phenoxy) is 2. The number of para-hydroxylation sites is 2. The molecule has 2 aromatic heterocycles. The van der Waals surface area contributed by atoms with Gasteiger partial charge in [-0.3, -0.25) is 9.98 Å². The summed E-state index contributed by atoms with van der Waals surface area (Å²) in [6, 6.07) is 27.7. The highest BCUT2D eigenvalue weighted by Crippen LogP contribution is 2.31. The van der Waals surface area contributed by atoms with Gasteiger partial charge in [0.1, 0.15) is 23.0 Å². The number of aliphatic imine (C=N–C) groups is 2. The molecule has 0 aliphatic carbocycles. The maximum atomic E-state index is 10.3.